The fourth-order valence-corrected chi connectivity index (χ4v) is 3.22. The van der Waals surface area contributed by atoms with Crippen LogP contribution in [0.2, 0.25) is 0 Å². The van der Waals surface area contributed by atoms with Crippen LogP contribution in [0.5, 0.6) is 5.75 Å². The van der Waals surface area contributed by atoms with Crippen LogP contribution in [0.4, 0.5) is 5.69 Å². The highest BCUT2D eigenvalue weighted by Gasteiger charge is 2.02. The van der Waals surface area contributed by atoms with E-state index in [-0.39, 0.29) is 29.9 Å². The monoisotopic (exact) mass is 535 g/mol. The van der Waals surface area contributed by atoms with Crippen molar-refractivity contribution in [1.29, 1.82) is 0 Å². The number of halogens is 1. The van der Waals surface area contributed by atoms with E-state index in [4.69, 9.17) is 4.74 Å². The van der Waals surface area contributed by atoms with Gasteiger partial charge in [-0.15, -0.1) is 24.0 Å². The Kier molecular flexibility index (Phi) is 10.2. The number of benzene rings is 2. The highest BCUT2D eigenvalue weighted by molar-refractivity contribution is 14.0. The molecule has 0 unspecified atom stereocenters. The second-order valence-corrected chi connectivity index (χ2v) is 6.90. The zero-order valence-corrected chi connectivity index (χ0v) is 20.3. The third-order valence-electron chi connectivity index (χ3n) is 4.59. The first-order valence-corrected chi connectivity index (χ1v) is 10.1. The van der Waals surface area contributed by atoms with Gasteiger partial charge in [-0.05, 0) is 36.1 Å². The highest BCUT2D eigenvalue weighted by Crippen LogP contribution is 2.17. The molecule has 0 aliphatic rings. The number of fused-ring (bicyclic) bond motifs is 1. The summed E-state index contributed by atoms with van der Waals surface area (Å²) in [6.07, 6.45) is 3.13. The van der Waals surface area contributed by atoms with Crippen molar-refractivity contribution < 1.29 is 9.53 Å². The van der Waals surface area contributed by atoms with Gasteiger partial charge >= 0.3 is 0 Å². The van der Waals surface area contributed by atoms with Crippen LogP contribution in [0.1, 0.15) is 13.3 Å². The van der Waals surface area contributed by atoms with Gasteiger partial charge < -0.3 is 25.3 Å². The van der Waals surface area contributed by atoms with Crippen LogP contribution < -0.4 is 20.7 Å². The SMILES string of the molecule is CN=C(NCCCn1ccc2ccccc21)NCCOc1cccc(NC(C)=O)c1.I. The number of guanidine groups is 1. The molecule has 0 aliphatic carbocycles. The number of aryl methyl sites for hydroxylation is 1. The normalized spacial score (nSPS) is 11.0. The topological polar surface area (TPSA) is 79.7 Å². The molecule has 0 aliphatic heterocycles. The quantitative estimate of drug-likeness (QED) is 0.168. The molecule has 0 saturated carbocycles. The lowest BCUT2D eigenvalue weighted by atomic mass is 10.2. The van der Waals surface area contributed by atoms with Crippen molar-refractivity contribution in [3.63, 3.8) is 0 Å². The zero-order valence-electron chi connectivity index (χ0n) is 17.9. The molecule has 3 rings (SSSR count). The van der Waals surface area contributed by atoms with Crippen molar-refractivity contribution in [2.75, 3.05) is 32.1 Å². The van der Waals surface area contributed by atoms with Gasteiger partial charge in [0.1, 0.15) is 12.4 Å². The maximum atomic E-state index is 11.1. The van der Waals surface area contributed by atoms with Gasteiger partial charge in [0.15, 0.2) is 5.96 Å². The van der Waals surface area contributed by atoms with Gasteiger partial charge in [0.05, 0.1) is 6.54 Å². The van der Waals surface area contributed by atoms with Crippen molar-refractivity contribution in [1.82, 2.24) is 15.2 Å². The van der Waals surface area contributed by atoms with Crippen molar-refractivity contribution in [3.05, 3.63) is 60.8 Å². The summed E-state index contributed by atoms with van der Waals surface area (Å²) >= 11 is 0. The zero-order chi connectivity index (χ0) is 21.2. The molecule has 0 atom stereocenters. The van der Waals surface area contributed by atoms with E-state index in [0.29, 0.717) is 18.9 Å². The van der Waals surface area contributed by atoms with E-state index in [0.717, 1.165) is 31.2 Å². The molecule has 1 amide bonds. The molecule has 1 heterocycles. The Bertz CT molecular complexity index is 1000. The number of para-hydroxylation sites is 1. The second-order valence-electron chi connectivity index (χ2n) is 6.90. The van der Waals surface area contributed by atoms with Crippen LogP contribution in [-0.2, 0) is 11.3 Å². The van der Waals surface area contributed by atoms with Crippen LogP contribution in [0.15, 0.2) is 65.8 Å². The Hall–Kier alpha value is -2.75. The summed E-state index contributed by atoms with van der Waals surface area (Å²) in [5.74, 6) is 1.36. The lowest BCUT2D eigenvalue weighted by Crippen LogP contribution is -2.39. The van der Waals surface area contributed by atoms with Crippen molar-refractivity contribution >= 4 is 52.4 Å². The average molecular weight is 535 g/mol. The number of hydrogen-bond acceptors (Lipinski definition) is 3. The van der Waals surface area contributed by atoms with Crippen molar-refractivity contribution in [3.8, 4) is 5.75 Å². The van der Waals surface area contributed by atoms with Gasteiger partial charge in [-0.3, -0.25) is 9.79 Å². The van der Waals surface area contributed by atoms with Gasteiger partial charge in [0, 0.05) is 50.5 Å². The third kappa shape index (κ3) is 7.78. The number of aliphatic imine (C=N–C) groups is 1. The minimum absolute atomic E-state index is 0. The first-order valence-electron chi connectivity index (χ1n) is 10.1. The van der Waals surface area contributed by atoms with Crippen molar-refractivity contribution in [2.24, 2.45) is 4.99 Å². The smallest absolute Gasteiger partial charge is 0.221 e. The lowest BCUT2D eigenvalue weighted by molar-refractivity contribution is -0.114. The molecular weight excluding hydrogens is 505 g/mol. The van der Waals surface area contributed by atoms with E-state index in [2.05, 4.69) is 62.0 Å². The predicted octanol–water partition coefficient (Wildman–Crippen LogP) is 3.85. The van der Waals surface area contributed by atoms with Crippen LogP contribution in [-0.4, -0.2) is 43.2 Å². The van der Waals surface area contributed by atoms with E-state index in [9.17, 15) is 4.79 Å². The highest BCUT2D eigenvalue weighted by atomic mass is 127. The number of aromatic nitrogens is 1. The molecule has 0 bridgehead atoms. The maximum Gasteiger partial charge on any atom is 0.221 e. The molecule has 166 valence electrons. The van der Waals surface area contributed by atoms with Gasteiger partial charge in [-0.25, -0.2) is 0 Å². The number of nitrogens with zero attached hydrogens (tertiary/aromatic N) is 2. The third-order valence-corrected chi connectivity index (χ3v) is 4.59. The molecule has 0 radical (unpaired) electrons. The minimum Gasteiger partial charge on any atom is -0.492 e. The fraction of sp³-hybridized carbons (Fsp3) is 0.304. The van der Waals surface area contributed by atoms with Crippen LogP contribution in [0, 0.1) is 0 Å². The standard InChI is InChI=1S/C23H29N5O2.HI/c1-18(29)27-20-8-5-9-21(17-20)30-16-13-26-23(24-2)25-12-6-14-28-15-11-19-7-3-4-10-22(19)28;/h3-5,7-11,15,17H,6,12-14,16H2,1-2H3,(H,27,29)(H2,24,25,26);1H. The van der Waals surface area contributed by atoms with E-state index < -0.39 is 0 Å². The Balaban J connectivity index is 0.00000341. The van der Waals surface area contributed by atoms with Crippen LogP contribution >= 0.6 is 24.0 Å². The molecule has 2 aromatic carbocycles. The molecule has 31 heavy (non-hydrogen) atoms. The number of anilines is 1. The number of rotatable bonds is 9. The molecule has 7 nitrogen and oxygen atoms in total. The van der Waals surface area contributed by atoms with E-state index in [1.54, 1.807) is 13.1 Å². The summed E-state index contributed by atoms with van der Waals surface area (Å²) in [6, 6.07) is 17.9. The Morgan fingerprint density at radius 2 is 1.87 bits per heavy atom. The van der Waals surface area contributed by atoms with Gasteiger partial charge in [-0.1, -0.05) is 24.3 Å². The van der Waals surface area contributed by atoms with Gasteiger partial charge in [0.2, 0.25) is 5.91 Å². The fourth-order valence-electron chi connectivity index (χ4n) is 3.22. The number of carbonyl (C=O) groups is 1. The number of nitrogens with one attached hydrogen (secondary N) is 3. The van der Waals surface area contributed by atoms with Gasteiger partial charge in [-0.2, -0.15) is 0 Å². The summed E-state index contributed by atoms with van der Waals surface area (Å²) in [5.41, 5.74) is 1.99. The molecule has 0 fully saturated rings. The number of carbonyl (C=O) groups excluding carboxylic acids is 1. The minimum atomic E-state index is -0.103. The molecular formula is C23H30IN5O2. The van der Waals surface area contributed by atoms with E-state index >= 15 is 0 Å². The Morgan fingerprint density at radius 3 is 2.68 bits per heavy atom. The summed E-state index contributed by atoms with van der Waals surface area (Å²) < 4.78 is 8.01. The average Bonchev–Trinajstić information content (AvgIpc) is 3.15. The molecule has 3 N–H and O–H groups in total. The molecule has 1 aromatic heterocycles. The molecule has 3 aromatic rings. The molecule has 8 heteroatoms. The predicted molar refractivity (Wildman–Crippen MR) is 138 cm³/mol. The van der Waals surface area contributed by atoms with Gasteiger partial charge in [0.25, 0.3) is 0 Å². The number of ether oxygens (including phenoxy) is 1. The Labute approximate surface area is 200 Å². The number of amides is 1. The second kappa shape index (κ2) is 12.8. The lowest BCUT2D eigenvalue weighted by Gasteiger charge is -2.13. The summed E-state index contributed by atoms with van der Waals surface area (Å²) in [6.45, 7) is 4.36. The van der Waals surface area contributed by atoms with E-state index in [1.165, 1.54) is 17.8 Å². The summed E-state index contributed by atoms with van der Waals surface area (Å²) in [7, 11) is 1.76. The number of hydrogen-bond donors (Lipinski definition) is 3. The van der Waals surface area contributed by atoms with Crippen LogP contribution in [0.25, 0.3) is 10.9 Å². The first kappa shape index (κ1) is 24.5. The summed E-state index contributed by atoms with van der Waals surface area (Å²) in [4.78, 5) is 15.4. The Morgan fingerprint density at radius 1 is 1.06 bits per heavy atom. The van der Waals surface area contributed by atoms with E-state index in [1.807, 2.05) is 18.2 Å². The van der Waals surface area contributed by atoms with Crippen molar-refractivity contribution in [2.45, 2.75) is 19.9 Å². The van der Waals surface area contributed by atoms with Crippen LogP contribution in [0.3, 0.4) is 0 Å². The summed E-state index contributed by atoms with van der Waals surface area (Å²) in [5, 5.41) is 10.6. The largest absolute Gasteiger partial charge is 0.492 e. The first-order chi connectivity index (χ1) is 14.7. The molecule has 0 spiro atoms. The molecule has 0 saturated heterocycles. The maximum absolute atomic E-state index is 11.1.